The molecule has 2 aromatic rings. The van der Waals surface area contributed by atoms with Gasteiger partial charge < -0.3 is 15.0 Å². The van der Waals surface area contributed by atoms with Crippen molar-refractivity contribution in [2.75, 3.05) is 31.5 Å². The topological polar surface area (TPSA) is 87.7 Å². The molecule has 2 aromatic carbocycles. The van der Waals surface area contributed by atoms with Gasteiger partial charge in [0.1, 0.15) is 5.75 Å². The maximum Gasteiger partial charge on any atom is 0.261 e. The second-order valence-corrected chi connectivity index (χ2v) is 8.15. The Hall–Kier alpha value is -2.58. The Bertz CT molecular complexity index is 896. The van der Waals surface area contributed by atoms with Gasteiger partial charge in [-0.25, -0.2) is 8.42 Å². The van der Waals surface area contributed by atoms with E-state index in [-0.39, 0.29) is 16.8 Å². The molecule has 1 atom stereocenters. The molecule has 0 radical (unpaired) electrons. The van der Waals surface area contributed by atoms with Gasteiger partial charge in [0, 0.05) is 36.9 Å². The molecular formula is C19H23N3O4S. The minimum absolute atomic E-state index is 0.0876. The standard InChI is InChI=1S/C19H23N3O4S/c1-14-13-22(12-11-20-14)19(23)15-3-9-18(10-4-15)27(24,25)21-16-5-7-17(26-2)8-6-16/h3-10,14,20-21H,11-13H2,1-2H3. The van der Waals surface area contributed by atoms with Crippen LogP contribution in [-0.4, -0.2) is 52.0 Å². The molecule has 1 unspecified atom stereocenters. The summed E-state index contributed by atoms with van der Waals surface area (Å²) >= 11 is 0. The van der Waals surface area contributed by atoms with Gasteiger partial charge in [0.05, 0.1) is 12.0 Å². The molecule has 0 bridgehead atoms. The van der Waals surface area contributed by atoms with Crippen molar-refractivity contribution >= 4 is 21.6 Å². The predicted octanol–water partition coefficient (Wildman–Crippen LogP) is 1.93. The van der Waals surface area contributed by atoms with Crippen molar-refractivity contribution in [3.63, 3.8) is 0 Å². The molecule has 27 heavy (non-hydrogen) atoms. The van der Waals surface area contributed by atoms with Crippen molar-refractivity contribution in [2.45, 2.75) is 17.9 Å². The highest BCUT2D eigenvalue weighted by Crippen LogP contribution is 2.20. The fourth-order valence-electron chi connectivity index (χ4n) is 2.95. The zero-order valence-electron chi connectivity index (χ0n) is 15.3. The van der Waals surface area contributed by atoms with Crippen LogP contribution in [0.4, 0.5) is 5.69 Å². The van der Waals surface area contributed by atoms with E-state index < -0.39 is 10.0 Å². The van der Waals surface area contributed by atoms with Crippen molar-refractivity contribution in [1.82, 2.24) is 10.2 Å². The highest BCUT2D eigenvalue weighted by Gasteiger charge is 2.22. The quantitative estimate of drug-likeness (QED) is 0.816. The van der Waals surface area contributed by atoms with Crippen molar-refractivity contribution in [3.8, 4) is 5.75 Å². The van der Waals surface area contributed by atoms with Gasteiger partial charge in [-0.1, -0.05) is 0 Å². The van der Waals surface area contributed by atoms with E-state index in [1.54, 1.807) is 48.4 Å². The number of hydrogen-bond acceptors (Lipinski definition) is 5. The van der Waals surface area contributed by atoms with E-state index in [9.17, 15) is 13.2 Å². The lowest BCUT2D eigenvalue weighted by Crippen LogP contribution is -2.51. The number of nitrogens with one attached hydrogen (secondary N) is 2. The number of sulfonamides is 1. The number of carbonyl (C=O) groups is 1. The lowest BCUT2D eigenvalue weighted by Gasteiger charge is -2.32. The van der Waals surface area contributed by atoms with Crippen LogP contribution in [0.2, 0.25) is 0 Å². The molecule has 1 aliphatic rings. The maximum atomic E-state index is 12.6. The molecule has 0 spiro atoms. The lowest BCUT2D eigenvalue weighted by molar-refractivity contribution is 0.0709. The molecule has 0 aromatic heterocycles. The fraction of sp³-hybridized carbons (Fsp3) is 0.316. The second kappa shape index (κ2) is 7.98. The monoisotopic (exact) mass is 389 g/mol. The Labute approximate surface area is 159 Å². The van der Waals surface area contributed by atoms with Gasteiger partial charge in [0.15, 0.2) is 0 Å². The summed E-state index contributed by atoms with van der Waals surface area (Å²) in [4.78, 5) is 14.5. The molecule has 1 fully saturated rings. The van der Waals surface area contributed by atoms with Gasteiger partial charge in [-0.05, 0) is 55.5 Å². The zero-order chi connectivity index (χ0) is 19.4. The van der Waals surface area contributed by atoms with E-state index in [0.29, 0.717) is 30.1 Å². The number of carbonyl (C=O) groups excluding carboxylic acids is 1. The molecule has 1 saturated heterocycles. The van der Waals surface area contributed by atoms with Crippen molar-refractivity contribution in [1.29, 1.82) is 0 Å². The number of anilines is 1. The number of ether oxygens (including phenoxy) is 1. The van der Waals surface area contributed by atoms with Crippen molar-refractivity contribution < 1.29 is 17.9 Å². The first kappa shape index (κ1) is 19.2. The maximum absolute atomic E-state index is 12.6. The SMILES string of the molecule is COc1ccc(NS(=O)(=O)c2ccc(C(=O)N3CCNC(C)C3)cc2)cc1. The summed E-state index contributed by atoms with van der Waals surface area (Å²) in [6, 6.07) is 12.9. The normalized spacial score (nSPS) is 17.4. The highest BCUT2D eigenvalue weighted by molar-refractivity contribution is 7.92. The van der Waals surface area contributed by atoms with E-state index in [0.717, 1.165) is 6.54 Å². The van der Waals surface area contributed by atoms with Gasteiger partial charge in [-0.2, -0.15) is 0 Å². The first-order valence-corrected chi connectivity index (χ1v) is 10.2. The van der Waals surface area contributed by atoms with E-state index in [1.807, 2.05) is 6.92 Å². The molecule has 144 valence electrons. The van der Waals surface area contributed by atoms with Gasteiger partial charge in [0.2, 0.25) is 0 Å². The van der Waals surface area contributed by atoms with Crippen LogP contribution in [0.3, 0.4) is 0 Å². The molecule has 1 amide bonds. The number of hydrogen-bond donors (Lipinski definition) is 2. The number of amides is 1. The van der Waals surface area contributed by atoms with Crippen molar-refractivity contribution in [2.24, 2.45) is 0 Å². The average molecular weight is 389 g/mol. The molecule has 2 N–H and O–H groups in total. The Morgan fingerprint density at radius 1 is 1.15 bits per heavy atom. The smallest absolute Gasteiger partial charge is 0.261 e. The van der Waals surface area contributed by atoms with Crippen LogP contribution in [0.1, 0.15) is 17.3 Å². The van der Waals surface area contributed by atoms with Crippen LogP contribution in [-0.2, 0) is 10.0 Å². The lowest BCUT2D eigenvalue weighted by atomic mass is 10.1. The summed E-state index contributed by atoms with van der Waals surface area (Å²) in [6.45, 7) is 4.06. The zero-order valence-corrected chi connectivity index (χ0v) is 16.1. The summed E-state index contributed by atoms with van der Waals surface area (Å²) in [7, 11) is -2.19. The third-order valence-electron chi connectivity index (χ3n) is 4.41. The number of piperazine rings is 1. The molecule has 1 heterocycles. The molecule has 8 heteroatoms. The number of benzene rings is 2. The largest absolute Gasteiger partial charge is 0.497 e. The van der Waals surface area contributed by atoms with Gasteiger partial charge >= 0.3 is 0 Å². The average Bonchev–Trinajstić information content (AvgIpc) is 2.68. The third kappa shape index (κ3) is 4.58. The number of nitrogens with zero attached hydrogens (tertiary/aromatic N) is 1. The van der Waals surface area contributed by atoms with Crippen LogP contribution in [0.5, 0.6) is 5.75 Å². The summed E-state index contributed by atoms with van der Waals surface area (Å²) in [5.74, 6) is 0.554. The van der Waals surface area contributed by atoms with Crippen LogP contribution in [0.25, 0.3) is 0 Å². The molecule has 1 aliphatic heterocycles. The summed E-state index contributed by atoms with van der Waals surface area (Å²) < 4.78 is 32.6. The highest BCUT2D eigenvalue weighted by atomic mass is 32.2. The Morgan fingerprint density at radius 3 is 2.41 bits per heavy atom. The van der Waals surface area contributed by atoms with E-state index >= 15 is 0 Å². The molecule has 0 saturated carbocycles. The number of methoxy groups -OCH3 is 1. The molecule has 0 aliphatic carbocycles. The minimum Gasteiger partial charge on any atom is -0.497 e. The van der Waals surface area contributed by atoms with Gasteiger partial charge in [0.25, 0.3) is 15.9 Å². The third-order valence-corrected chi connectivity index (χ3v) is 5.81. The summed E-state index contributed by atoms with van der Waals surface area (Å²) in [5.41, 5.74) is 0.915. The molecular weight excluding hydrogens is 366 g/mol. The van der Waals surface area contributed by atoms with Crippen LogP contribution in [0.15, 0.2) is 53.4 Å². The summed E-state index contributed by atoms with van der Waals surface area (Å²) in [6.07, 6.45) is 0. The fourth-order valence-corrected chi connectivity index (χ4v) is 4.01. The Balaban J connectivity index is 1.72. The Morgan fingerprint density at radius 2 is 1.81 bits per heavy atom. The van der Waals surface area contributed by atoms with E-state index in [1.165, 1.54) is 12.1 Å². The van der Waals surface area contributed by atoms with Crippen LogP contribution >= 0.6 is 0 Å². The first-order chi connectivity index (χ1) is 12.9. The van der Waals surface area contributed by atoms with Gasteiger partial charge in [-0.3, -0.25) is 9.52 Å². The van der Waals surface area contributed by atoms with E-state index in [4.69, 9.17) is 4.74 Å². The van der Waals surface area contributed by atoms with Gasteiger partial charge in [-0.15, -0.1) is 0 Å². The Kier molecular flexibility index (Phi) is 5.67. The molecule has 3 rings (SSSR count). The van der Waals surface area contributed by atoms with E-state index in [2.05, 4.69) is 10.0 Å². The second-order valence-electron chi connectivity index (χ2n) is 6.46. The predicted molar refractivity (Wildman–Crippen MR) is 104 cm³/mol. The van der Waals surface area contributed by atoms with Crippen LogP contribution in [0, 0.1) is 0 Å². The van der Waals surface area contributed by atoms with Crippen molar-refractivity contribution in [3.05, 3.63) is 54.1 Å². The van der Waals surface area contributed by atoms with Crippen LogP contribution < -0.4 is 14.8 Å². The summed E-state index contributed by atoms with van der Waals surface area (Å²) in [5, 5.41) is 3.29. The molecule has 7 nitrogen and oxygen atoms in total. The first-order valence-electron chi connectivity index (χ1n) is 8.68. The number of rotatable bonds is 5. The minimum atomic E-state index is -3.73.